The van der Waals surface area contributed by atoms with Gasteiger partial charge in [-0.2, -0.15) is 0 Å². The highest BCUT2D eigenvalue weighted by molar-refractivity contribution is 7.80. The molecule has 0 amide bonds. The van der Waals surface area contributed by atoms with E-state index < -0.39 is 0 Å². The third-order valence-corrected chi connectivity index (χ3v) is 6.11. The number of hydrogen-bond donors (Lipinski definition) is 1. The number of halogens is 1. The summed E-state index contributed by atoms with van der Waals surface area (Å²) in [6, 6.07) is 20.7. The average Bonchev–Trinajstić information content (AvgIpc) is 3.49. The van der Waals surface area contributed by atoms with Crippen LogP contribution in [0.4, 0.5) is 10.1 Å². The van der Waals surface area contributed by atoms with Gasteiger partial charge in [-0.05, 0) is 72.9 Å². The summed E-state index contributed by atoms with van der Waals surface area (Å²) in [5, 5.41) is 3.92. The lowest BCUT2D eigenvalue weighted by atomic mass is 10.0. The smallest absolute Gasteiger partial charge is 0.174 e. The normalized spacial score (nSPS) is 17.5. The summed E-state index contributed by atoms with van der Waals surface area (Å²) >= 11 is 5.78. The summed E-state index contributed by atoms with van der Waals surface area (Å²) in [5.41, 5.74) is 2.37. The molecule has 0 bridgehead atoms. The quantitative estimate of drug-likeness (QED) is 0.360. The van der Waals surface area contributed by atoms with E-state index in [0.717, 1.165) is 16.9 Å². The number of thiocarbonyl (C=S) groups is 1. The lowest BCUT2D eigenvalue weighted by molar-refractivity contribution is 0.392. The standard InChI is InChI=1S/C26H22FN3O3S/c1-31-18-10-11-20(23(15-18)32-2)30-25(24(29-26(30)34)19-5-3-4-14-28-19)22-13-12-21(33-22)16-6-8-17(27)9-7-16/h3-15,24-25H,1-2H3,(H,29,34)/t24-,25-/m1/s1. The van der Waals surface area contributed by atoms with Crippen LogP contribution < -0.4 is 19.7 Å². The summed E-state index contributed by atoms with van der Waals surface area (Å²) in [6.07, 6.45) is 1.75. The minimum absolute atomic E-state index is 0.271. The fraction of sp³-hybridized carbons (Fsp3) is 0.154. The Morgan fingerprint density at radius 3 is 2.53 bits per heavy atom. The first kappa shape index (κ1) is 21.9. The van der Waals surface area contributed by atoms with E-state index in [1.807, 2.05) is 53.4 Å². The monoisotopic (exact) mass is 475 g/mol. The Bertz CT molecular complexity index is 1310. The second-order valence-electron chi connectivity index (χ2n) is 7.74. The second-order valence-corrected chi connectivity index (χ2v) is 8.13. The van der Waals surface area contributed by atoms with Gasteiger partial charge in [-0.15, -0.1) is 0 Å². The first-order chi connectivity index (χ1) is 16.6. The fourth-order valence-electron chi connectivity index (χ4n) is 4.17. The van der Waals surface area contributed by atoms with E-state index in [1.54, 1.807) is 32.5 Å². The Kier molecular flexibility index (Phi) is 5.90. The molecule has 5 rings (SSSR count). The van der Waals surface area contributed by atoms with Crippen molar-refractivity contribution in [3.8, 4) is 22.8 Å². The van der Waals surface area contributed by atoms with Crippen LogP contribution >= 0.6 is 12.2 Å². The Morgan fingerprint density at radius 1 is 1.00 bits per heavy atom. The molecule has 8 heteroatoms. The highest BCUT2D eigenvalue weighted by Crippen LogP contribution is 2.46. The number of rotatable bonds is 6. The lowest BCUT2D eigenvalue weighted by Crippen LogP contribution is -2.29. The van der Waals surface area contributed by atoms with Crippen LogP contribution in [0.15, 0.2) is 83.4 Å². The molecule has 1 N–H and O–H groups in total. The number of hydrogen-bond acceptors (Lipinski definition) is 5. The number of nitrogens with zero attached hydrogens (tertiary/aromatic N) is 2. The molecule has 34 heavy (non-hydrogen) atoms. The van der Waals surface area contributed by atoms with Gasteiger partial charge in [0.15, 0.2) is 5.11 Å². The van der Waals surface area contributed by atoms with Crippen molar-refractivity contribution in [2.45, 2.75) is 12.1 Å². The van der Waals surface area contributed by atoms with Crippen molar-refractivity contribution in [2.24, 2.45) is 0 Å². The van der Waals surface area contributed by atoms with Gasteiger partial charge in [-0.1, -0.05) is 6.07 Å². The molecule has 0 unspecified atom stereocenters. The molecule has 1 aliphatic heterocycles. The number of benzene rings is 2. The van der Waals surface area contributed by atoms with Gasteiger partial charge in [0, 0.05) is 17.8 Å². The number of ether oxygens (including phenoxy) is 2. The number of aromatic nitrogens is 1. The van der Waals surface area contributed by atoms with E-state index in [9.17, 15) is 4.39 Å². The zero-order valence-corrected chi connectivity index (χ0v) is 19.4. The van der Waals surface area contributed by atoms with Crippen molar-refractivity contribution in [1.82, 2.24) is 10.3 Å². The molecule has 2 aromatic carbocycles. The Labute approximate surface area is 201 Å². The topological polar surface area (TPSA) is 59.8 Å². The van der Waals surface area contributed by atoms with Crippen LogP contribution in [0.25, 0.3) is 11.3 Å². The summed E-state index contributed by atoms with van der Waals surface area (Å²) < 4.78 is 30.7. The van der Waals surface area contributed by atoms with Crippen molar-refractivity contribution in [1.29, 1.82) is 0 Å². The Hall–Kier alpha value is -3.91. The van der Waals surface area contributed by atoms with Gasteiger partial charge in [0.25, 0.3) is 0 Å². The number of pyridine rings is 1. The van der Waals surface area contributed by atoms with Crippen LogP contribution in [0.3, 0.4) is 0 Å². The maximum atomic E-state index is 13.4. The minimum Gasteiger partial charge on any atom is -0.497 e. The second kappa shape index (κ2) is 9.15. The zero-order chi connectivity index (χ0) is 23.7. The molecule has 0 radical (unpaired) electrons. The SMILES string of the molecule is COc1ccc(N2C(=S)N[C@H](c3ccccn3)[C@H]2c2ccc(-c3ccc(F)cc3)o2)c(OC)c1. The van der Waals surface area contributed by atoms with Gasteiger partial charge < -0.3 is 24.1 Å². The van der Waals surface area contributed by atoms with Crippen molar-refractivity contribution in [3.05, 3.63) is 96.3 Å². The molecule has 1 fully saturated rings. The molecule has 0 saturated carbocycles. The van der Waals surface area contributed by atoms with Crippen molar-refractivity contribution in [3.63, 3.8) is 0 Å². The van der Waals surface area contributed by atoms with Gasteiger partial charge in [0.05, 0.1) is 31.6 Å². The molecule has 6 nitrogen and oxygen atoms in total. The molecular weight excluding hydrogens is 453 g/mol. The lowest BCUT2D eigenvalue weighted by Gasteiger charge is -2.27. The molecule has 172 valence electrons. The van der Waals surface area contributed by atoms with E-state index in [-0.39, 0.29) is 17.9 Å². The molecule has 3 heterocycles. The molecular formula is C26H22FN3O3S. The number of furan rings is 1. The summed E-state index contributed by atoms with van der Waals surface area (Å²) in [4.78, 5) is 6.53. The van der Waals surface area contributed by atoms with Gasteiger partial charge in [0.1, 0.15) is 34.9 Å². The molecule has 0 spiro atoms. The Morgan fingerprint density at radius 2 is 1.82 bits per heavy atom. The van der Waals surface area contributed by atoms with Crippen LogP contribution in [-0.4, -0.2) is 24.3 Å². The first-order valence-electron chi connectivity index (χ1n) is 10.7. The predicted molar refractivity (Wildman–Crippen MR) is 132 cm³/mol. The van der Waals surface area contributed by atoms with Crippen molar-refractivity contribution < 1.29 is 18.3 Å². The highest BCUT2D eigenvalue weighted by Gasteiger charge is 2.43. The predicted octanol–water partition coefficient (Wildman–Crippen LogP) is 5.68. The summed E-state index contributed by atoms with van der Waals surface area (Å²) in [7, 11) is 3.21. The maximum Gasteiger partial charge on any atom is 0.174 e. The molecule has 1 saturated heterocycles. The van der Waals surface area contributed by atoms with Crippen LogP contribution in [0.2, 0.25) is 0 Å². The summed E-state index contributed by atoms with van der Waals surface area (Å²) in [5.74, 6) is 2.30. The van der Waals surface area contributed by atoms with Crippen molar-refractivity contribution >= 4 is 23.0 Å². The summed E-state index contributed by atoms with van der Waals surface area (Å²) in [6.45, 7) is 0. The van der Waals surface area contributed by atoms with Crippen LogP contribution in [0, 0.1) is 5.82 Å². The van der Waals surface area contributed by atoms with E-state index in [2.05, 4.69) is 10.3 Å². The van der Waals surface area contributed by atoms with E-state index in [4.69, 9.17) is 26.1 Å². The zero-order valence-electron chi connectivity index (χ0n) is 18.6. The molecule has 0 aliphatic carbocycles. The number of anilines is 1. The minimum atomic E-state index is -0.348. The fourth-order valence-corrected chi connectivity index (χ4v) is 4.51. The molecule has 2 atom stereocenters. The van der Waals surface area contributed by atoms with Crippen LogP contribution in [0.1, 0.15) is 23.5 Å². The largest absolute Gasteiger partial charge is 0.497 e. The average molecular weight is 476 g/mol. The van der Waals surface area contributed by atoms with Crippen molar-refractivity contribution in [2.75, 3.05) is 19.1 Å². The highest BCUT2D eigenvalue weighted by atomic mass is 32.1. The maximum absolute atomic E-state index is 13.4. The Balaban J connectivity index is 1.62. The molecule has 2 aromatic heterocycles. The number of methoxy groups -OCH3 is 2. The third-order valence-electron chi connectivity index (χ3n) is 5.79. The third kappa shape index (κ3) is 3.97. The first-order valence-corrected chi connectivity index (χ1v) is 11.1. The van der Waals surface area contributed by atoms with Gasteiger partial charge >= 0.3 is 0 Å². The van der Waals surface area contributed by atoms with Gasteiger partial charge in [-0.25, -0.2) is 4.39 Å². The van der Waals surface area contributed by atoms with E-state index >= 15 is 0 Å². The number of nitrogens with one attached hydrogen (secondary N) is 1. The van der Waals surface area contributed by atoms with Gasteiger partial charge in [0.2, 0.25) is 0 Å². The molecule has 1 aliphatic rings. The molecule has 4 aromatic rings. The van der Waals surface area contributed by atoms with Crippen LogP contribution in [-0.2, 0) is 0 Å². The van der Waals surface area contributed by atoms with Gasteiger partial charge in [-0.3, -0.25) is 4.98 Å². The van der Waals surface area contributed by atoms with E-state index in [1.165, 1.54) is 12.1 Å². The van der Waals surface area contributed by atoms with Crippen LogP contribution in [0.5, 0.6) is 11.5 Å². The van der Waals surface area contributed by atoms with E-state index in [0.29, 0.717) is 28.1 Å².